The van der Waals surface area contributed by atoms with E-state index in [0.717, 1.165) is 0 Å². The van der Waals surface area contributed by atoms with Crippen LogP contribution in [-0.4, -0.2) is 25.5 Å². The Morgan fingerprint density at radius 2 is 1.43 bits per heavy atom. The minimum atomic E-state index is -5.50. The maximum Gasteiger partial charge on any atom is 0.400 e. The van der Waals surface area contributed by atoms with Crippen molar-refractivity contribution in [2.45, 2.75) is 24.4 Å². The van der Waals surface area contributed by atoms with Crippen molar-refractivity contribution in [2.75, 3.05) is 0 Å². The van der Waals surface area contributed by atoms with Crippen molar-refractivity contribution in [3.8, 4) is 0 Å². The highest BCUT2D eigenvalue weighted by atomic mass is 28.4. The molecule has 0 radical (unpaired) electrons. The summed E-state index contributed by atoms with van der Waals surface area (Å²) < 4.78 is 72.0. The first-order chi connectivity index (χ1) is 5.93. The molecular formula is C6H8F6OSi. The molecule has 0 fully saturated rings. The summed E-state index contributed by atoms with van der Waals surface area (Å²) >= 11 is 0. The van der Waals surface area contributed by atoms with Gasteiger partial charge >= 0.3 is 12.4 Å². The molecule has 0 aromatic carbocycles. The van der Waals surface area contributed by atoms with Crippen LogP contribution in [0.4, 0.5) is 26.3 Å². The second-order valence-electron chi connectivity index (χ2n) is 2.95. The lowest BCUT2D eigenvalue weighted by Crippen LogP contribution is -2.49. The van der Waals surface area contributed by atoms with Crippen LogP contribution in [0, 0.1) is 0 Å². The van der Waals surface area contributed by atoms with Crippen molar-refractivity contribution in [2.24, 2.45) is 0 Å². The number of hydrogen-bond acceptors (Lipinski definition) is 1. The van der Waals surface area contributed by atoms with Crippen molar-refractivity contribution in [3.05, 3.63) is 12.3 Å². The molecule has 0 amide bonds. The predicted octanol–water partition coefficient (Wildman–Crippen LogP) is 2.77. The third-order valence-corrected chi connectivity index (χ3v) is 4.30. The molecule has 0 saturated carbocycles. The summed E-state index contributed by atoms with van der Waals surface area (Å²) in [5.41, 5.74) is -3.32. The maximum atomic E-state index is 12.0. The highest BCUT2D eigenvalue weighted by Gasteiger charge is 2.65. The van der Waals surface area contributed by atoms with Gasteiger partial charge in [0.05, 0.1) is 0 Å². The van der Waals surface area contributed by atoms with Gasteiger partial charge in [-0.05, 0) is 6.55 Å². The zero-order valence-corrected chi connectivity index (χ0v) is 8.08. The zero-order chi connectivity index (χ0) is 11.8. The Hall–Kier alpha value is -0.503. The van der Waals surface area contributed by atoms with E-state index in [4.69, 9.17) is 4.80 Å². The van der Waals surface area contributed by atoms with E-state index >= 15 is 0 Å². The van der Waals surface area contributed by atoms with Gasteiger partial charge in [0.1, 0.15) is 0 Å². The van der Waals surface area contributed by atoms with Crippen LogP contribution in [0.1, 0.15) is 0 Å². The monoisotopic (exact) mass is 238 g/mol. The van der Waals surface area contributed by atoms with E-state index in [2.05, 4.69) is 6.58 Å². The van der Waals surface area contributed by atoms with Crippen LogP contribution in [-0.2, 0) is 0 Å². The van der Waals surface area contributed by atoms with Crippen LogP contribution in [0.25, 0.3) is 0 Å². The topological polar surface area (TPSA) is 20.2 Å². The fourth-order valence-electron chi connectivity index (χ4n) is 0.966. The molecule has 1 unspecified atom stereocenters. The normalized spacial score (nSPS) is 18.1. The van der Waals surface area contributed by atoms with Crippen LogP contribution in [0.3, 0.4) is 0 Å². The summed E-state index contributed by atoms with van der Waals surface area (Å²) in [6.45, 7) is 3.34. The Labute approximate surface area is 77.2 Å². The van der Waals surface area contributed by atoms with E-state index in [1.165, 1.54) is 0 Å². The molecule has 0 aromatic heterocycles. The highest BCUT2D eigenvalue weighted by molar-refractivity contribution is 6.78. The first-order valence-electron chi connectivity index (χ1n) is 3.42. The third kappa shape index (κ3) is 3.02. The van der Waals surface area contributed by atoms with Gasteiger partial charge in [-0.3, -0.25) is 0 Å². The standard InChI is InChI=1S/C6H8F6OSi/c1-3-14(2,13)4(5(7,8)9)6(10,11)12/h3-4,13H,1H2,2H3. The lowest BCUT2D eigenvalue weighted by atomic mass is 10.4. The number of halogens is 6. The molecule has 0 heterocycles. The first-order valence-corrected chi connectivity index (χ1v) is 6.02. The molecule has 1 N–H and O–H groups in total. The third-order valence-electron chi connectivity index (χ3n) is 1.65. The molecule has 0 saturated heterocycles. The van der Waals surface area contributed by atoms with Gasteiger partial charge in [0.25, 0.3) is 0 Å². The van der Waals surface area contributed by atoms with E-state index in [1.807, 2.05) is 0 Å². The summed E-state index contributed by atoms with van der Waals surface area (Å²) in [7, 11) is -4.56. The number of rotatable bonds is 2. The van der Waals surface area contributed by atoms with Gasteiger partial charge in [0.2, 0.25) is 8.32 Å². The fourth-order valence-corrected chi connectivity index (χ4v) is 2.53. The van der Waals surface area contributed by atoms with Gasteiger partial charge in [0.15, 0.2) is 5.54 Å². The predicted molar refractivity (Wildman–Crippen MR) is 39.9 cm³/mol. The van der Waals surface area contributed by atoms with E-state index in [0.29, 0.717) is 12.2 Å². The highest BCUT2D eigenvalue weighted by Crippen LogP contribution is 2.49. The molecule has 1 atom stereocenters. The van der Waals surface area contributed by atoms with Gasteiger partial charge in [-0.15, -0.1) is 6.58 Å². The van der Waals surface area contributed by atoms with Crippen LogP contribution >= 0.6 is 0 Å². The zero-order valence-electron chi connectivity index (χ0n) is 7.08. The second-order valence-corrected chi connectivity index (χ2v) is 6.38. The minimum Gasteiger partial charge on any atom is -0.427 e. The Kier molecular flexibility index (Phi) is 3.45. The summed E-state index contributed by atoms with van der Waals surface area (Å²) in [6, 6.07) is 0. The molecule has 0 aliphatic heterocycles. The molecule has 0 spiro atoms. The Morgan fingerprint density at radius 3 is 1.50 bits per heavy atom. The Bertz CT molecular complexity index is 203. The van der Waals surface area contributed by atoms with Gasteiger partial charge < -0.3 is 4.80 Å². The molecule has 8 heteroatoms. The second kappa shape index (κ2) is 3.57. The summed E-state index contributed by atoms with van der Waals surface area (Å²) in [5.74, 6) is 0. The van der Waals surface area contributed by atoms with Crippen LogP contribution in [0.15, 0.2) is 12.3 Å². The largest absolute Gasteiger partial charge is 0.427 e. The minimum absolute atomic E-state index is 0.360. The maximum absolute atomic E-state index is 12.0. The van der Waals surface area contributed by atoms with Crippen molar-refractivity contribution in [1.29, 1.82) is 0 Å². The summed E-state index contributed by atoms with van der Waals surface area (Å²) in [4.78, 5) is 9.04. The number of alkyl halides is 6. The molecule has 14 heavy (non-hydrogen) atoms. The smallest absolute Gasteiger partial charge is 0.400 e. The van der Waals surface area contributed by atoms with Gasteiger partial charge in [-0.25, -0.2) is 0 Å². The molecular weight excluding hydrogens is 230 g/mol. The molecule has 1 nitrogen and oxygen atoms in total. The molecule has 0 bridgehead atoms. The summed E-state index contributed by atoms with van der Waals surface area (Å²) in [5, 5.41) is 0. The molecule has 0 aliphatic carbocycles. The van der Waals surface area contributed by atoms with Crippen molar-refractivity contribution < 1.29 is 31.1 Å². The van der Waals surface area contributed by atoms with Crippen LogP contribution < -0.4 is 0 Å². The average Bonchev–Trinajstić information content (AvgIpc) is 1.79. The SMILES string of the molecule is C=C[Si](C)(O)C(C(F)(F)F)C(F)(F)F. The molecule has 0 aliphatic rings. The lowest BCUT2D eigenvalue weighted by Gasteiger charge is -2.30. The average molecular weight is 238 g/mol. The summed E-state index contributed by atoms with van der Waals surface area (Å²) in [6.07, 6.45) is -11.0. The molecule has 84 valence electrons. The molecule has 0 rings (SSSR count). The van der Waals surface area contributed by atoms with Gasteiger partial charge in [0, 0.05) is 0 Å². The van der Waals surface area contributed by atoms with Gasteiger partial charge in [-0.2, -0.15) is 26.3 Å². The molecule has 0 aromatic rings. The van der Waals surface area contributed by atoms with E-state index in [9.17, 15) is 26.3 Å². The first kappa shape index (κ1) is 13.5. The Morgan fingerprint density at radius 1 is 1.14 bits per heavy atom. The van der Waals surface area contributed by atoms with Gasteiger partial charge in [-0.1, -0.05) is 5.70 Å². The lowest BCUT2D eigenvalue weighted by molar-refractivity contribution is -0.235. The van der Waals surface area contributed by atoms with Crippen molar-refractivity contribution >= 4 is 8.32 Å². The van der Waals surface area contributed by atoms with E-state index in [1.54, 1.807) is 0 Å². The quantitative estimate of drug-likeness (QED) is 0.579. The van der Waals surface area contributed by atoms with Crippen LogP contribution in [0.2, 0.25) is 12.1 Å². The van der Waals surface area contributed by atoms with Crippen LogP contribution in [0.5, 0.6) is 0 Å². The van der Waals surface area contributed by atoms with E-state index < -0.39 is 26.2 Å². The number of hydrogen-bond donors (Lipinski definition) is 1. The van der Waals surface area contributed by atoms with E-state index in [-0.39, 0.29) is 0 Å². The fraction of sp³-hybridized carbons (Fsp3) is 0.667. The van der Waals surface area contributed by atoms with Crippen molar-refractivity contribution in [1.82, 2.24) is 0 Å². The Balaban J connectivity index is 5.24. The van der Waals surface area contributed by atoms with Crippen molar-refractivity contribution in [3.63, 3.8) is 0 Å².